The first-order chi connectivity index (χ1) is 9.45. The third-order valence-corrected chi connectivity index (χ3v) is 3.90. The van der Waals surface area contributed by atoms with Gasteiger partial charge in [0.1, 0.15) is 0 Å². The van der Waals surface area contributed by atoms with Gasteiger partial charge in [-0.25, -0.2) is 0 Å². The molecule has 0 aromatic heterocycles. The van der Waals surface area contributed by atoms with E-state index in [0.29, 0.717) is 6.04 Å². The predicted octanol–water partition coefficient (Wildman–Crippen LogP) is 3.05. The Morgan fingerprint density at radius 3 is 2.35 bits per heavy atom. The minimum atomic E-state index is -0.0127. The number of nitrogens with zero attached hydrogens (tertiary/aromatic N) is 2. The molecule has 3 nitrogen and oxygen atoms in total. The second-order valence-corrected chi connectivity index (χ2v) is 6.76. The van der Waals surface area contributed by atoms with Gasteiger partial charge < -0.3 is 5.73 Å². The van der Waals surface area contributed by atoms with E-state index < -0.39 is 0 Å². The summed E-state index contributed by atoms with van der Waals surface area (Å²) in [5.41, 5.74) is 7.46. The lowest BCUT2D eigenvalue weighted by atomic mass is 9.94. The maximum Gasteiger partial charge on any atom is 0.0994 e. The predicted molar refractivity (Wildman–Crippen MR) is 85.8 cm³/mol. The number of piperidine rings is 1. The molecule has 0 aliphatic carbocycles. The number of hydrogen-bond donors (Lipinski definition) is 1. The zero-order valence-corrected chi connectivity index (χ0v) is 13.0. The van der Waals surface area contributed by atoms with E-state index >= 15 is 0 Å². The molecule has 0 radical (unpaired) electrons. The summed E-state index contributed by atoms with van der Waals surface area (Å²) in [5, 5.41) is 0. The van der Waals surface area contributed by atoms with Gasteiger partial charge in [-0.05, 0) is 18.4 Å². The fourth-order valence-corrected chi connectivity index (χ4v) is 2.44. The molecule has 110 valence electrons. The molecule has 3 heteroatoms. The van der Waals surface area contributed by atoms with Crippen LogP contribution in [0.2, 0.25) is 0 Å². The van der Waals surface area contributed by atoms with Gasteiger partial charge >= 0.3 is 0 Å². The van der Waals surface area contributed by atoms with Crippen LogP contribution in [-0.2, 0) is 6.54 Å². The number of likely N-dealkylation sites (tertiary alicyclic amines) is 1. The lowest BCUT2D eigenvalue weighted by Crippen LogP contribution is -2.37. The van der Waals surface area contributed by atoms with Crippen molar-refractivity contribution in [3.8, 4) is 0 Å². The van der Waals surface area contributed by atoms with Gasteiger partial charge in [-0.15, -0.1) is 0 Å². The van der Waals surface area contributed by atoms with Crippen LogP contribution in [0.4, 0.5) is 0 Å². The van der Waals surface area contributed by atoms with Crippen molar-refractivity contribution < 1.29 is 0 Å². The monoisotopic (exact) mass is 273 g/mol. The molecule has 0 amide bonds. The molecule has 0 spiro atoms. The molecule has 2 rings (SSSR count). The number of rotatable bonds is 3. The lowest BCUT2D eigenvalue weighted by molar-refractivity contribution is 0.206. The summed E-state index contributed by atoms with van der Waals surface area (Å²) in [7, 11) is 0. The molecule has 1 aliphatic heterocycles. The van der Waals surface area contributed by atoms with Gasteiger partial charge in [0, 0.05) is 25.0 Å². The average molecular weight is 273 g/mol. The summed E-state index contributed by atoms with van der Waals surface area (Å²) in [6.07, 6.45) is 2.23. The molecule has 1 aromatic rings. The minimum Gasteiger partial charge on any atom is -0.387 e. The quantitative estimate of drug-likeness (QED) is 0.679. The van der Waals surface area contributed by atoms with Gasteiger partial charge in [0.05, 0.1) is 11.9 Å². The first-order valence-electron chi connectivity index (χ1n) is 7.55. The molecule has 2 N–H and O–H groups in total. The van der Waals surface area contributed by atoms with Crippen LogP contribution >= 0.6 is 0 Å². The van der Waals surface area contributed by atoms with Crippen LogP contribution < -0.4 is 5.73 Å². The van der Waals surface area contributed by atoms with E-state index in [1.807, 2.05) is 0 Å². The fourth-order valence-electron chi connectivity index (χ4n) is 2.44. The summed E-state index contributed by atoms with van der Waals surface area (Å²) in [6.45, 7) is 9.64. The Labute approximate surface area is 122 Å². The molecule has 0 saturated carbocycles. The van der Waals surface area contributed by atoms with Crippen LogP contribution in [0.15, 0.2) is 35.3 Å². The van der Waals surface area contributed by atoms with Crippen molar-refractivity contribution in [1.82, 2.24) is 4.90 Å². The van der Waals surface area contributed by atoms with Crippen LogP contribution in [0.5, 0.6) is 0 Å². The Morgan fingerprint density at radius 2 is 1.80 bits per heavy atom. The second kappa shape index (κ2) is 6.40. The number of benzene rings is 1. The molecule has 1 saturated heterocycles. The zero-order valence-electron chi connectivity index (χ0n) is 13.0. The fraction of sp³-hybridized carbons (Fsp3) is 0.588. The summed E-state index contributed by atoms with van der Waals surface area (Å²) in [6, 6.07) is 11.1. The summed E-state index contributed by atoms with van der Waals surface area (Å²) in [4.78, 5) is 7.23. The smallest absolute Gasteiger partial charge is 0.0994 e. The number of aliphatic imine (C=N–C) groups is 1. The van der Waals surface area contributed by atoms with E-state index in [0.717, 1.165) is 38.3 Å². The summed E-state index contributed by atoms with van der Waals surface area (Å²) in [5.74, 6) is 0.791. The molecule has 0 atom stereocenters. The summed E-state index contributed by atoms with van der Waals surface area (Å²) >= 11 is 0. The Morgan fingerprint density at radius 1 is 1.20 bits per heavy atom. The van der Waals surface area contributed by atoms with Crippen molar-refractivity contribution >= 4 is 5.84 Å². The van der Waals surface area contributed by atoms with E-state index in [1.54, 1.807) is 0 Å². The average Bonchev–Trinajstić information content (AvgIpc) is 2.41. The van der Waals surface area contributed by atoms with E-state index in [-0.39, 0.29) is 5.41 Å². The van der Waals surface area contributed by atoms with Gasteiger partial charge in [-0.3, -0.25) is 9.89 Å². The van der Waals surface area contributed by atoms with Crippen LogP contribution in [0.3, 0.4) is 0 Å². The van der Waals surface area contributed by atoms with Crippen molar-refractivity contribution in [2.24, 2.45) is 16.1 Å². The maximum atomic E-state index is 6.08. The standard InChI is InChI=1S/C17H27N3/c1-17(2,3)16(18)19-15-9-11-20(12-10-15)13-14-7-5-4-6-8-14/h4-8,15H,9-13H2,1-3H3,(H2,18,19). The van der Waals surface area contributed by atoms with Crippen LogP contribution in [0.25, 0.3) is 0 Å². The van der Waals surface area contributed by atoms with Crippen LogP contribution in [0, 0.1) is 5.41 Å². The van der Waals surface area contributed by atoms with Crippen molar-refractivity contribution in [2.75, 3.05) is 13.1 Å². The molecule has 20 heavy (non-hydrogen) atoms. The first kappa shape index (κ1) is 15.0. The summed E-state index contributed by atoms with van der Waals surface area (Å²) < 4.78 is 0. The molecule has 0 bridgehead atoms. The Balaban J connectivity index is 1.84. The Kier molecular flexibility index (Phi) is 4.81. The highest BCUT2D eigenvalue weighted by molar-refractivity contribution is 5.85. The number of nitrogens with two attached hydrogens (primary N) is 1. The van der Waals surface area contributed by atoms with E-state index in [1.165, 1.54) is 5.56 Å². The molecule has 0 unspecified atom stereocenters. The van der Waals surface area contributed by atoms with Crippen molar-refractivity contribution in [3.05, 3.63) is 35.9 Å². The van der Waals surface area contributed by atoms with E-state index in [2.05, 4.69) is 56.0 Å². The molecular weight excluding hydrogens is 246 g/mol. The highest BCUT2D eigenvalue weighted by Crippen LogP contribution is 2.19. The molecule has 1 aromatic carbocycles. The van der Waals surface area contributed by atoms with E-state index in [4.69, 9.17) is 10.7 Å². The van der Waals surface area contributed by atoms with Gasteiger partial charge in [0.25, 0.3) is 0 Å². The normalized spacial score (nSPS) is 19.2. The van der Waals surface area contributed by atoms with Gasteiger partial charge in [0.15, 0.2) is 0 Å². The molecule has 1 fully saturated rings. The van der Waals surface area contributed by atoms with Crippen LogP contribution in [-0.4, -0.2) is 29.9 Å². The number of hydrogen-bond acceptors (Lipinski definition) is 2. The Bertz CT molecular complexity index is 437. The largest absolute Gasteiger partial charge is 0.387 e. The first-order valence-corrected chi connectivity index (χ1v) is 7.55. The van der Waals surface area contributed by atoms with Crippen molar-refractivity contribution in [3.63, 3.8) is 0 Å². The number of amidine groups is 1. The lowest BCUT2D eigenvalue weighted by Gasteiger charge is -2.31. The third-order valence-electron chi connectivity index (χ3n) is 3.90. The zero-order chi connectivity index (χ0) is 14.6. The highest BCUT2D eigenvalue weighted by Gasteiger charge is 2.21. The molecule has 1 aliphatic rings. The van der Waals surface area contributed by atoms with E-state index in [9.17, 15) is 0 Å². The van der Waals surface area contributed by atoms with Crippen molar-refractivity contribution in [1.29, 1.82) is 0 Å². The molecule has 1 heterocycles. The van der Waals surface area contributed by atoms with Gasteiger partial charge in [0.2, 0.25) is 0 Å². The van der Waals surface area contributed by atoms with Gasteiger partial charge in [-0.2, -0.15) is 0 Å². The topological polar surface area (TPSA) is 41.6 Å². The third kappa shape index (κ3) is 4.34. The SMILES string of the molecule is CC(C)(C)C(N)=NC1CCN(Cc2ccccc2)CC1. The maximum absolute atomic E-state index is 6.08. The van der Waals surface area contributed by atoms with Crippen LogP contribution in [0.1, 0.15) is 39.2 Å². The van der Waals surface area contributed by atoms with Crippen molar-refractivity contribution in [2.45, 2.75) is 46.2 Å². The molecular formula is C17H27N3. The minimum absolute atomic E-state index is 0.0127. The highest BCUT2D eigenvalue weighted by atomic mass is 15.1. The Hall–Kier alpha value is -1.35. The van der Waals surface area contributed by atoms with Gasteiger partial charge in [-0.1, -0.05) is 51.1 Å². The second-order valence-electron chi connectivity index (χ2n) is 6.76.